The van der Waals surface area contributed by atoms with Crippen LogP contribution in [0.4, 0.5) is 0 Å². The first-order valence-electron chi connectivity index (χ1n) is 6.96. The van der Waals surface area contributed by atoms with Gasteiger partial charge in [-0.25, -0.2) is 4.98 Å². The Hall–Kier alpha value is -1.85. The Balaban J connectivity index is 1.96. The number of thioether (sulfide) groups is 1. The van der Waals surface area contributed by atoms with Gasteiger partial charge in [-0.3, -0.25) is 9.36 Å². The SMILES string of the molecule is C=CCn1c(SCc2cccc(C)c2)nc2sccc2c1=O. The average molecular weight is 328 g/mol. The Bertz CT molecular complexity index is 880. The largest absolute Gasteiger partial charge is 0.283 e. The van der Waals surface area contributed by atoms with E-state index in [1.807, 2.05) is 11.4 Å². The molecular formula is C17H16N2OS2. The van der Waals surface area contributed by atoms with E-state index in [9.17, 15) is 4.79 Å². The molecule has 3 aromatic rings. The number of thiophene rings is 1. The summed E-state index contributed by atoms with van der Waals surface area (Å²) in [4.78, 5) is 18.0. The first-order valence-corrected chi connectivity index (χ1v) is 8.83. The monoisotopic (exact) mass is 328 g/mol. The Morgan fingerprint density at radius 2 is 2.27 bits per heavy atom. The number of benzene rings is 1. The fraction of sp³-hybridized carbons (Fsp3) is 0.176. The molecule has 0 radical (unpaired) electrons. The van der Waals surface area contributed by atoms with E-state index in [0.29, 0.717) is 11.9 Å². The van der Waals surface area contributed by atoms with Gasteiger partial charge in [-0.2, -0.15) is 0 Å². The summed E-state index contributed by atoms with van der Waals surface area (Å²) in [7, 11) is 0. The van der Waals surface area contributed by atoms with Crippen molar-refractivity contribution in [2.24, 2.45) is 0 Å². The summed E-state index contributed by atoms with van der Waals surface area (Å²) in [6, 6.07) is 10.2. The van der Waals surface area contributed by atoms with Crippen LogP contribution in [-0.4, -0.2) is 9.55 Å². The van der Waals surface area contributed by atoms with Gasteiger partial charge in [0.2, 0.25) is 0 Å². The van der Waals surface area contributed by atoms with E-state index in [1.165, 1.54) is 22.5 Å². The molecule has 0 aliphatic rings. The first-order chi connectivity index (χ1) is 10.7. The zero-order chi connectivity index (χ0) is 15.5. The minimum atomic E-state index is 0.0119. The number of nitrogens with zero attached hydrogens (tertiary/aromatic N) is 2. The van der Waals surface area contributed by atoms with Crippen molar-refractivity contribution in [3.05, 3.63) is 69.8 Å². The van der Waals surface area contributed by atoms with Crippen molar-refractivity contribution < 1.29 is 0 Å². The molecule has 3 nitrogen and oxygen atoms in total. The van der Waals surface area contributed by atoms with Crippen molar-refractivity contribution in [2.75, 3.05) is 0 Å². The van der Waals surface area contributed by atoms with Gasteiger partial charge in [0.1, 0.15) is 4.83 Å². The van der Waals surface area contributed by atoms with E-state index < -0.39 is 0 Å². The van der Waals surface area contributed by atoms with Gasteiger partial charge < -0.3 is 0 Å². The van der Waals surface area contributed by atoms with Gasteiger partial charge in [0, 0.05) is 12.3 Å². The number of aryl methyl sites for hydroxylation is 1. The summed E-state index contributed by atoms with van der Waals surface area (Å²) >= 11 is 3.09. The molecule has 0 saturated carbocycles. The Labute approximate surface area is 137 Å². The summed E-state index contributed by atoms with van der Waals surface area (Å²) in [6.07, 6.45) is 1.73. The lowest BCUT2D eigenvalue weighted by molar-refractivity contribution is 0.673. The van der Waals surface area contributed by atoms with Crippen LogP contribution in [0.1, 0.15) is 11.1 Å². The van der Waals surface area contributed by atoms with Crippen molar-refractivity contribution in [3.63, 3.8) is 0 Å². The maximum absolute atomic E-state index is 12.5. The number of hydrogen-bond donors (Lipinski definition) is 0. The van der Waals surface area contributed by atoms with Crippen LogP contribution < -0.4 is 5.56 Å². The molecule has 0 aliphatic heterocycles. The third-order valence-corrected chi connectivity index (χ3v) is 5.16. The third-order valence-electron chi connectivity index (χ3n) is 3.31. The predicted molar refractivity (Wildman–Crippen MR) is 94.8 cm³/mol. The summed E-state index contributed by atoms with van der Waals surface area (Å²) in [5, 5.41) is 3.35. The van der Waals surface area contributed by atoms with Crippen LogP contribution in [0.15, 0.2) is 58.3 Å². The fourth-order valence-corrected chi connectivity index (χ4v) is 4.04. The van der Waals surface area contributed by atoms with Crippen molar-refractivity contribution in [1.29, 1.82) is 0 Å². The summed E-state index contributed by atoms with van der Waals surface area (Å²) in [5.41, 5.74) is 2.48. The molecule has 0 fully saturated rings. The maximum atomic E-state index is 12.5. The average Bonchev–Trinajstić information content (AvgIpc) is 2.97. The zero-order valence-corrected chi connectivity index (χ0v) is 13.9. The molecule has 0 saturated heterocycles. The van der Waals surface area contributed by atoms with Gasteiger partial charge in [0.05, 0.1) is 5.39 Å². The molecule has 2 aromatic heterocycles. The molecule has 2 heterocycles. The molecule has 0 bridgehead atoms. The molecule has 0 amide bonds. The topological polar surface area (TPSA) is 34.9 Å². The molecule has 5 heteroatoms. The molecule has 112 valence electrons. The van der Waals surface area contributed by atoms with Crippen molar-refractivity contribution >= 4 is 33.3 Å². The van der Waals surface area contributed by atoms with E-state index in [2.05, 4.69) is 42.8 Å². The molecule has 0 N–H and O–H groups in total. The van der Waals surface area contributed by atoms with E-state index in [0.717, 1.165) is 15.7 Å². The smallest absolute Gasteiger partial charge is 0.263 e. The second kappa shape index (κ2) is 6.50. The van der Waals surface area contributed by atoms with E-state index >= 15 is 0 Å². The Morgan fingerprint density at radius 1 is 1.41 bits per heavy atom. The highest BCUT2D eigenvalue weighted by atomic mass is 32.2. The van der Waals surface area contributed by atoms with Gasteiger partial charge >= 0.3 is 0 Å². The summed E-state index contributed by atoms with van der Waals surface area (Å²) < 4.78 is 1.70. The number of aromatic nitrogens is 2. The van der Waals surface area contributed by atoms with Crippen molar-refractivity contribution in [3.8, 4) is 0 Å². The summed E-state index contributed by atoms with van der Waals surface area (Å²) in [6.45, 7) is 6.30. The minimum Gasteiger partial charge on any atom is -0.283 e. The van der Waals surface area contributed by atoms with Gasteiger partial charge in [-0.15, -0.1) is 17.9 Å². The van der Waals surface area contributed by atoms with Crippen LogP contribution in [0.25, 0.3) is 10.2 Å². The standard InChI is InChI=1S/C17H16N2OS2/c1-3-8-19-16(20)14-7-9-21-15(14)18-17(19)22-11-13-6-4-5-12(2)10-13/h3-7,9-10H,1,8,11H2,2H3. The van der Waals surface area contributed by atoms with Crippen LogP contribution in [0, 0.1) is 6.92 Å². The van der Waals surface area contributed by atoms with Crippen LogP contribution >= 0.6 is 23.1 Å². The Kier molecular flexibility index (Phi) is 4.45. The highest BCUT2D eigenvalue weighted by molar-refractivity contribution is 7.98. The van der Waals surface area contributed by atoms with Gasteiger partial charge in [0.25, 0.3) is 5.56 Å². The lowest BCUT2D eigenvalue weighted by atomic mass is 10.2. The molecule has 22 heavy (non-hydrogen) atoms. The lowest BCUT2D eigenvalue weighted by Gasteiger charge is -2.10. The summed E-state index contributed by atoms with van der Waals surface area (Å²) in [5.74, 6) is 0.794. The van der Waals surface area contributed by atoms with Crippen molar-refractivity contribution in [2.45, 2.75) is 24.4 Å². The number of allylic oxidation sites excluding steroid dienone is 1. The van der Waals surface area contributed by atoms with Crippen LogP contribution in [0.2, 0.25) is 0 Å². The number of fused-ring (bicyclic) bond motifs is 1. The van der Waals surface area contributed by atoms with Crippen molar-refractivity contribution in [1.82, 2.24) is 9.55 Å². The molecule has 3 rings (SSSR count). The molecule has 0 aliphatic carbocycles. The maximum Gasteiger partial charge on any atom is 0.263 e. The van der Waals surface area contributed by atoms with E-state index in [4.69, 9.17) is 0 Å². The molecule has 0 unspecified atom stereocenters. The van der Waals surface area contributed by atoms with Crippen LogP contribution in [0.3, 0.4) is 0 Å². The second-order valence-electron chi connectivity index (χ2n) is 5.02. The van der Waals surface area contributed by atoms with Gasteiger partial charge in [0.15, 0.2) is 5.16 Å². The fourth-order valence-electron chi connectivity index (χ4n) is 2.28. The third kappa shape index (κ3) is 3.00. The van der Waals surface area contributed by atoms with Crippen LogP contribution in [-0.2, 0) is 12.3 Å². The van der Waals surface area contributed by atoms with Gasteiger partial charge in [-0.05, 0) is 23.9 Å². The van der Waals surface area contributed by atoms with E-state index in [-0.39, 0.29) is 5.56 Å². The molecule has 0 atom stereocenters. The second-order valence-corrected chi connectivity index (χ2v) is 6.85. The Morgan fingerprint density at radius 3 is 3.05 bits per heavy atom. The molecular weight excluding hydrogens is 312 g/mol. The first kappa shape index (κ1) is 15.1. The number of hydrogen-bond acceptors (Lipinski definition) is 4. The zero-order valence-electron chi connectivity index (χ0n) is 12.3. The molecule has 0 spiro atoms. The quantitative estimate of drug-likeness (QED) is 0.399. The van der Waals surface area contributed by atoms with Gasteiger partial charge in [-0.1, -0.05) is 47.7 Å². The lowest BCUT2D eigenvalue weighted by Crippen LogP contribution is -2.22. The normalized spacial score (nSPS) is 11.0. The number of rotatable bonds is 5. The van der Waals surface area contributed by atoms with E-state index in [1.54, 1.807) is 22.4 Å². The highest BCUT2D eigenvalue weighted by Gasteiger charge is 2.11. The minimum absolute atomic E-state index is 0.0119. The predicted octanol–water partition coefficient (Wildman–Crippen LogP) is 4.24. The van der Waals surface area contributed by atoms with Crippen LogP contribution in [0.5, 0.6) is 0 Å². The highest BCUT2D eigenvalue weighted by Crippen LogP contribution is 2.24. The molecule has 1 aromatic carbocycles.